The van der Waals surface area contributed by atoms with Crippen LogP contribution in [0.1, 0.15) is 20.3 Å². The number of rotatable bonds is 3. The van der Waals surface area contributed by atoms with Crippen LogP contribution in [0.5, 0.6) is 0 Å². The summed E-state index contributed by atoms with van der Waals surface area (Å²) in [6.45, 7) is 4.48. The molecule has 0 aromatic heterocycles. The average molecular weight is 131 g/mol. The van der Waals surface area contributed by atoms with Crippen LogP contribution in [0, 0.1) is 5.92 Å². The lowest BCUT2D eigenvalue weighted by molar-refractivity contribution is 0.139. The Bertz CT molecular complexity index is 93.1. The molecule has 0 rings (SSSR count). The summed E-state index contributed by atoms with van der Waals surface area (Å²) in [6.07, 6.45) is 0.322. The third-order valence-electron chi connectivity index (χ3n) is 1.21. The van der Waals surface area contributed by atoms with Gasteiger partial charge in [-0.05, 0) is 5.92 Å². The van der Waals surface area contributed by atoms with Gasteiger partial charge in [0.15, 0.2) is 0 Å². The van der Waals surface area contributed by atoms with Gasteiger partial charge in [-0.25, -0.2) is 4.79 Å². The Labute approximate surface area is 55.2 Å². The first-order valence-electron chi connectivity index (χ1n) is 3.09. The molecular weight excluding hydrogens is 118 g/mol. The number of hydrogen-bond donors (Lipinski definition) is 1. The molecule has 1 amide bonds. The predicted molar refractivity (Wildman–Crippen MR) is 35.0 cm³/mol. The van der Waals surface area contributed by atoms with Crippen LogP contribution in [0.15, 0.2) is 0 Å². The first kappa shape index (κ1) is 8.27. The van der Waals surface area contributed by atoms with Gasteiger partial charge < -0.3 is 10.5 Å². The Kier molecular flexibility index (Phi) is 3.84. The van der Waals surface area contributed by atoms with Gasteiger partial charge >= 0.3 is 6.09 Å². The number of primary amides is 1. The van der Waals surface area contributed by atoms with E-state index in [0.717, 1.165) is 6.42 Å². The van der Waals surface area contributed by atoms with Crippen molar-refractivity contribution in [1.82, 2.24) is 0 Å². The van der Waals surface area contributed by atoms with Crippen molar-refractivity contribution >= 4 is 6.09 Å². The van der Waals surface area contributed by atoms with Gasteiger partial charge in [0.2, 0.25) is 0 Å². The minimum atomic E-state index is -0.685. The molecule has 0 aromatic carbocycles. The van der Waals surface area contributed by atoms with Crippen LogP contribution < -0.4 is 5.73 Å². The molecule has 9 heavy (non-hydrogen) atoms. The lowest BCUT2D eigenvalue weighted by Crippen LogP contribution is -2.16. The molecule has 1 atom stereocenters. The monoisotopic (exact) mass is 131 g/mol. The van der Waals surface area contributed by atoms with Crippen molar-refractivity contribution in [3.63, 3.8) is 0 Å². The minimum Gasteiger partial charge on any atom is -0.449 e. The molecule has 0 fully saturated rings. The van der Waals surface area contributed by atoms with Crippen LogP contribution in [0.2, 0.25) is 0 Å². The number of amides is 1. The van der Waals surface area contributed by atoms with Crippen molar-refractivity contribution in [2.24, 2.45) is 11.7 Å². The summed E-state index contributed by atoms with van der Waals surface area (Å²) in [5.74, 6) is 0.414. The molecule has 0 saturated heterocycles. The van der Waals surface area contributed by atoms with E-state index in [-0.39, 0.29) is 0 Å². The highest BCUT2D eigenvalue weighted by molar-refractivity contribution is 5.64. The number of ether oxygens (including phenoxy) is 1. The fraction of sp³-hybridized carbons (Fsp3) is 0.833. The first-order chi connectivity index (χ1) is 4.16. The topological polar surface area (TPSA) is 52.3 Å². The summed E-state index contributed by atoms with van der Waals surface area (Å²) in [4.78, 5) is 10.0. The van der Waals surface area contributed by atoms with E-state index in [1.54, 1.807) is 0 Å². The largest absolute Gasteiger partial charge is 0.449 e. The van der Waals surface area contributed by atoms with Gasteiger partial charge in [0.05, 0.1) is 6.61 Å². The second-order valence-corrected chi connectivity index (χ2v) is 2.14. The van der Waals surface area contributed by atoms with Gasteiger partial charge in [-0.1, -0.05) is 20.3 Å². The van der Waals surface area contributed by atoms with Crippen LogP contribution >= 0.6 is 0 Å². The number of carbonyl (C=O) groups excluding carboxylic acids is 1. The first-order valence-corrected chi connectivity index (χ1v) is 3.09. The molecule has 54 valence electrons. The quantitative estimate of drug-likeness (QED) is 0.624. The maximum atomic E-state index is 10.0. The van der Waals surface area contributed by atoms with E-state index in [0.29, 0.717) is 12.5 Å². The summed E-state index contributed by atoms with van der Waals surface area (Å²) in [7, 11) is 0. The Morgan fingerprint density at radius 3 is 2.67 bits per heavy atom. The summed E-state index contributed by atoms with van der Waals surface area (Å²) in [5, 5.41) is 0. The van der Waals surface area contributed by atoms with Crippen molar-refractivity contribution in [2.45, 2.75) is 20.3 Å². The SMILES string of the molecule is CCC(C)COC(N)=O. The standard InChI is InChI=1S/C6H13NO2/c1-3-5(2)4-9-6(7)8/h5H,3-4H2,1-2H3,(H2,7,8). The molecule has 0 radical (unpaired) electrons. The van der Waals surface area contributed by atoms with Crippen LogP contribution in [0.3, 0.4) is 0 Å². The zero-order valence-corrected chi connectivity index (χ0v) is 5.89. The molecule has 2 N–H and O–H groups in total. The molecule has 0 aliphatic heterocycles. The Morgan fingerprint density at radius 2 is 2.33 bits per heavy atom. The van der Waals surface area contributed by atoms with E-state index in [9.17, 15) is 4.79 Å². The van der Waals surface area contributed by atoms with Crippen LogP contribution in [0.4, 0.5) is 4.79 Å². The smallest absolute Gasteiger partial charge is 0.404 e. The minimum absolute atomic E-state index is 0.414. The molecule has 1 unspecified atom stereocenters. The molecule has 0 aliphatic carbocycles. The summed E-state index contributed by atoms with van der Waals surface area (Å²) < 4.78 is 4.53. The normalized spacial score (nSPS) is 12.7. The van der Waals surface area contributed by atoms with Crippen LogP contribution in [-0.4, -0.2) is 12.7 Å². The van der Waals surface area contributed by atoms with Gasteiger partial charge in [0.25, 0.3) is 0 Å². The van der Waals surface area contributed by atoms with Gasteiger partial charge in [0.1, 0.15) is 0 Å². The van der Waals surface area contributed by atoms with Gasteiger partial charge in [-0.2, -0.15) is 0 Å². The van der Waals surface area contributed by atoms with Crippen molar-refractivity contribution in [1.29, 1.82) is 0 Å². The van der Waals surface area contributed by atoms with E-state index in [1.807, 2.05) is 13.8 Å². The predicted octanol–water partition coefficient (Wildman–Crippen LogP) is 1.13. The maximum absolute atomic E-state index is 10.0. The van der Waals surface area contributed by atoms with Crippen molar-refractivity contribution < 1.29 is 9.53 Å². The molecule has 0 heterocycles. The van der Waals surface area contributed by atoms with Crippen molar-refractivity contribution in [3.8, 4) is 0 Å². The van der Waals surface area contributed by atoms with E-state index in [2.05, 4.69) is 4.74 Å². The van der Waals surface area contributed by atoms with Gasteiger partial charge in [-0.15, -0.1) is 0 Å². The zero-order chi connectivity index (χ0) is 7.28. The summed E-state index contributed by atoms with van der Waals surface area (Å²) >= 11 is 0. The molecule has 0 saturated carbocycles. The molecule has 0 spiro atoms. The third kappa shape index (κ3) is 5.14. The van der Waals surface area contributed by atoms with E-state index < -0.39 is 6.09 Å². The lowest BCUT2D eigenvalue weighted by atomic mass is 10.1. The Morgan fingerprint density at radius 1 is 1.78 bits per heavy atom. The second kappa shape index (κ2) is 4.18. The fourth-order valence-corrected chi connectivity index (χ4v) is 0.342. The van der Waals surface area contributed by atoms with Gasteiger partial charge in [0, 0.05) is 0 Å². The average Bonchev–Trinajstić information content (AvgIpc) is 1.83. The van der Waals surface area contributed by atoms with Crippen LogP contribution in [0.25, 0.3) is 0 Å². The maximum Gasteiger partial charge on any atom is 0.404 e. The van der Waals surface area contributed by atoms with Gasteiger partial charge in [-0.3, -0.25) is 0 Å². The molecule has 3 nitrogen and oxygen atoms in total. The third-order valence-corrected chi connectivity index (χ3v) is 1.21. The highest BCUT2D eigenvalue weighted by atomic mass is 16.5. The molecule has 0 aromatic rings. The summed E-state index contributed by atoms with van der Waals surface area (Å²) in [5.41, 5.74) is 4.73. The van der Waals surface area contributed by atoms with E-state index in [4.69, 9.17) is 5.73 Å². The highest BCUT2D eigenvalue weighted by Crippen LogP contribution is 1.99. The fourth-order valence-electron chi connectivity index (χ4n) is 0.342. The number of nitrogens with two attached hydrogens (primary N) is 1. The lowest BCUT2D eigenvalue weighted by Gasteiger charge is -2.06. The second-order valence-electron chi connectivity index (χ2n) is 2.14. The summed E-state index contributed by atoms with van der Waals surface area (Å²) in [6, 6.07) is 0. The molecule has 3 heteroatoms. The molecule has 0 bridgehead atoms. The highest BCUT2D eigenvalue weighted by Gasteiger charge is 1.99. The van der Waals surface area contributed by atoms with Crippen molar-refractivity contribution in [2.75, 3.05) is 6.61 Å². The van der Waals surface area contributed by atoms with Crippen molar-refractivity contribution in [3.05, 3.63) is 0 Å². The molecule has 0 aliphatic rings. The number of carbonyl (C=O) groups is 1. The Hall–Kier alpha value is -0.730. The molecular formula is C6H13NO2. The van der Waals surface area contributed by atoms with Crippen LogP contribution in [-0.2, 0) is 4.74 Å². The van der Waals surface area contributed by atoms with E-state index >= 15 is 0 Å². The number of hydrogen-bond acceptors (Lipinski definition) is 2. The zero-order valence-electron chi connectivity index (χ0n) is 5.89. The Balaban J connectivity index is 3.16. The van der Waals surface area contributed by atoms with E-state index in [1.165, 1.54) is 0 Å².